The Morgan fingerprint density at radius 2 is 2.32 bits per heavy atom. The highest BCUT2D eigenvalue weighted by molar-refractivity contribution is 5.80. The van der Waals surface area contributed by atoms with E-state index >= 15 is 0 Å². The third kappa shape index (κ3) is 3.66. The van der Waals surface area contributed by atoms with Gasteiger partial charge < -0.3 is 9.88 Å². The number of nitrogens with zero attached hydrogens (tertiary/aromatic N) is 3. The van der Waals surface area contributed by atoms with Crippen molar-refractivity contribution < 1.29 is 14.8 Å². The lowest BCUT2D eigenvalue weighted by Crippen LogP contribution is -2.40. The summed E-state index contributed by atoms with van der Waals surface area (Å²) >= 11 is 0. The van der Waals surface area contributed by atoms with Crippen LogP contribution in [0.25, 0.3) is 11.0 Å². The maximum Gasteiger partial charge on any atom is 0.233 e. The first-order chi connectivity index (χ1) is 12.1. The lowest BCUT2D eigenvalue weighted by atomic mass is 10.0. The number of imidazole rings is 1. The Hall–Kier alpha value is -2.41. The Bertz CT molecular complexity index is 712. The van der Waals surface area contributed by atoms with Gasteiger partial charge in [0.25, 0.3) is 0 Å². The summed E-state index contributed by atoms with van der Waals surface area (Å²) in [5, 5.41) is 10.1. The number of rotatable bonds is 7. The Morgan fingerprint density at radius 3 is 3.04 bits per heavy atom. The van der Waals surface area contributed by atoms with Crippen LogP contribution in [0.1, 0.15) is 44.5 Å². The van der Waals surface area contributed by atoms with Gasteiger partial charge >= 0.3 is 0 Å². The summed E-state index contributed by atoms with van der Waals surface area (Å²) in [4.78, 5) is 33.5. The molecule has 0 aliphatic carbocycles. The molecule has 1 aromatic heterocycles. The number of benzene rings is 1. The smallest absolute Gasteiger partial charge is 0.233 e. The normalized spacial score (nSPS) is 18.5. The van der Waals surface area contributed by atoms with Gasteiger partial charge in [0, 0.05) is 6.54 Å². The topological polar surface area (TPSA) is 89.5 Å². The molecule has 0 radical (unpaired) electrons. The van der Waals surface area contributed by atoms with E-state index in [0.717, 1.165) is 36.1 Å². The molecule has 0 saturated carbocycles. The molecule has 25 heavy (non-hydrogen) atoms. The summed E-state index contributed by atoms with van der Waals surface area (Å²) in [7, 11) is 0. The number of carbonyl (C=O) groups excluding carboxylic acids is 2. The van der Waals surface area contributed by atoms with Crippen LogP contribution in [0, 0.1) is 5.92 Å². The monoisotopic (exact) mass is 344 g/mol. The average molecular weight is 344 g/mol. The highest BCUT2D eigenvalue weighted by Gasteiger charge is 2.35. The van der Waals surface area contributed by atoms with Gasteiger partial charge in [-0.25, -0.2) is 10.0 Å². The van der Waals surface area contributed by atoms with Crippen LogP contribution in [0.5, 0.6) is 0 Å². The Balaban J connectivity index is 1.81. The zero-order valence-electron chi connectivity index (χ0n) is 14.4. The number of hydroxylamine groups is 2. The van der Waals surface area contributed by atoms with Crippen LogP contribution in [0.3, 0.4) is 0 Å². The second kappa shape index (κ2) is 7.65. The second-order valence-electron chi connectivity index (χ2n) is 6.54. The van der Waals surface area contributed by atoms with Crippen molar-refractivity contribution in [2.75, 3.05) is 13.1 Å². The van der Waals surface area contributed by atoms with Gasteiger partial charge in [-0.3, -0.25) is 14.8 Å². The first-order valence-corrected chi connectivity index (χ1v) is 8.80. The fraction of sp³-hybridized carbons (Fsp3) is 0.500. The van der Waals surface area contributed by atoms with Crippen LogP contribution in [0.2, 0.25) is 0 Å². The Kier molecular flexibility index (Phi) is 5.33. The van der Waals surface area contributed by atoms with Crippen LogP contribution in [-0.2, 0) is 9.59 Å². The number of amides is 2. The number of likely N-dealkylation sites (tertiary alicyclic amines) is 1. The van der Waals surface area contributed by atoms with Crippen molar-refractivity contribution in [1.82, 2.24) is 19.9 Å². The van der Waals surface area contributed by atoms with Crippen molar-refractivity contribution >= 4 is 23.4 Å². The number of para-hydroxylation sites is 2. The predicted molar refractivity (Wildman–Crippen MR) is 92.7 cm³/mol. The molecular formula is C18H24N4O3. The SMILES string of the molecule is CCCC(CN(O)C=O)C(=O)N1CCCC1c1nc2ccccc2[nH]1. The number of hydrogen-bond donors (Lipinski definition) is 2. The van der Waals surface area contributed by atoms with Gasteiger partial charge in [0.05, 0.1) is 29.5 Å². The van der Waals surface area contributed by atoms with Crippen molar-refractivity contribution in [1.29, 1.82) is 0 Å². The van der Waals surface area contributed by atoms with Crippen LogP contribution >= 0.6 is 0 Å². The molecule has 1 saturated heterocycles. The Labute approximate surface area is 146 Å². The third-order valence-electron chi connectivity index (χ3n) is 4.77. The molecule has 2 amide bonds. The van der Waals surface area contributed by atoms with Crippen molar-refractivity contribution in [2.24, 2.45) is 5.92 Å². The molecule has 2 heterocycles. The molecule has 2 atom stereocenters. The van der Waals surface area contributed by atoms with E-state index in [1.807, 2.05) is 36.1 Å². The molecule has 3 rings (SSSR count). The first kappa shape index (κ1) is 17.4. The van der Waals surface area contributed by atoms with Crippen LogP contribution in [-0.4, -0.2) is 50.5 Å². The molecule has 1 aromatic carbocycles. The fourth-order valence-corrected chi connectivity index (χ4v) is 3.59. The lowest BCUT2D eigenvalue weighted by molar-refractivity contribution is -0.157. The largest absolute Gasteiger partial charge is 0.340 e. The third-order valence-corrected chi connectivity index (χ3v) is 4.77. The highest BCUT2D eigenvalue weighted by Crippen LogP contribution is 2.33. The van der Waals surface area contributed by atoms with E-state index in [9.17, 15) is 14.8 Å². The maximum absolute atomic E-state index is 13.0. The van der Waals surface area contributed by atoms with Crippen molar-refractivity contribution in [3.05, 3.63) is 30.1 Å². The minimum absolute atomic E-state index is 0.0225. The van der Waals surface area contributed by atoms with Crippen LogP contribution in [0.15, 0.2) is 24.3 Å². The summed E-state index contributed by atoms with van der Waals surface area (Å²) < 4.78 is 0. The first-order valence-electron chi connectivity index (χ1n) is 8.80. The van der Waals surface area contributed by atoms with E-state index < -0.39 is 5.92 Å². The molecule has 134 valence electrons. The molecule has 2 aromatic rings. The van der Waals surface area contributed by atoms with Gasteiger partial charge in [-0.1, -0.05) is 25.5 Å². The average Bonchev–Trinajstić information content (AvgIpc) is 3.26. The molecule has 1 fully saturated rings. The van der Waals surface area contributed by atoms with Crippen LogP contribution < -0.4 is 0 Å². The van der Waals surface area contributed by atoms with Crippen molar-refractivity contribution in [2.45, 2.75) is 38.6 Å². The van der Waals surface area contributed by atoms with E-state index in [-0.39, 0.29) is 18.5 Å². The van der Waals surface area contributed by atoms with Crippen molar-refractivity contribution in [3.8, 4) is 0 Å². The molecule has 0 spiro atoms. The van der Waals surface area contributed by atoms with Crippen molar-refractivity contribution in [3.63, 3.8) is 0 Å². The molecule has 1 aliphatic heterocycles. The summed E-state index contributed by atoms with van der Waals surface area (Å²) in [6.45, 7) is 2.69. The molecular weight excluding hydrogens is 320 g/mol. The van der Waals surface area contributed by atoms with E-state index in [1.165, 1.54) is 0 Å². The molecule has 7 nitrogen and oxygen atoms in total. The zero-order valence-corrected chi connectivity index (χ0v) is 14.4. The van der Waals surface area contributed by atoms with E-state index in [2.05, 4.69) is 9.97 Å². The van der Waals surface area contributed by atoms with Gasteiger partial charge in [0.15, 0.2) is 0 Å². The number of nitrogens with one attached hydrogen (secondary N) is 1. The number of aromatic nitrogens is 2. The maximum atomic E-state index is 13.0. The number of carbonyl (C=O) groups is 2. The lowest BCUT2D eigenvalue weighted by Gasteiger charge is -2.28. The minimum Gasteiger partial charge on any atom is -0.340 e. The quantitative estimate of drug-likeness (QED) is 0.459. The van der Waals surface area contributed by atoms with Gasteiger partial charge in [-0.15, -0.1) is 0 Å². The van der Waals surface area contributed by atoms with Crippen LogP contribution in [0.4, 0.5) is 0 Å². The van der Waals surface area contributed by atoms with Gasteiger partial charge in [0.1, 0.15) is 5.82 Å². The molecule has 1 aliphatic rings. The standard InChI is InChI=1S/C18H24N4O3/c1-2-6-13(11-21(25)12-23)18(24)22-10-5-9-16(22)17-19-14-7-3-4-8-15(14)20-17/h3-4,7-8,12-13,16,25H,2,5-6,9-11H2,1H3,(H,19,20). The number of aromatic amines is 1. The van der Waals surface area contributed by atoms with Gasteiger partial charge in [0.2, 0.25) is 12.3 Å². The molecule has 2 N–H and O–H groups in total. The number of fused-ring (bicyclic) bond motifs is 1. The molecule has 2 unspecified atom stereocenters. The van der Waals surface area contributed by atoms with E-state index in [0.29, 0.717) is 24.4 Å². The summed E-state index contributed by atoms with van der Waals surface area (Å²) in [6.07, 6.45) is 3.57. The minimum atomic E-state index is -0.398. The highest BCUT2D eigenvalue weighted by atomic mass is 16.5. The number of hydrogen-bond acceptors (Lipinski definition) is 4. The fourth-order valence-electron chi connectivity index (χ4n) is 3.59. The summed E-state index contributed by atoms with van der Waals surface area (Å²) in [6, 6.07) is 7.73. The van der Waals surface area contributed by atoms with Gasteiger partial charge in [-0.05, 0) is 31.4 Å². The molecule has 7 heteroatoms. The van der Waals surface area contributed by atoms with E-state index in [4.69, 9.17) is 0 Å². The number of H-pyrrole nitrogens is 1. The van der Waals surface area contributed by atoms with Gasteiger partial charge in [-0.2, -0.15) is 0 Å². The summed E-state index contributed by atoms with van der Waals surface area (Å²) in [5.41, 5.74) is 1.86. The summed E-state index contributed by atoms with van der Waals surface area (Å²) in [5.74, 6) is 0.384. The Morgan fingerprint density at radius 1 is 1.52 bits per heavy atom. The zero-order chi connectivity index (χ0) is 17.8. The predicted octanol–water partition coefficient (Wildman–Crippen LogP) is 2.49. The second-order valence-corrected chi connectivity index (χ2v) is 6.54. The van der Waals surface area contributed by atoms with E-state index in [1.54, 1.807) is 0 Å². The molecule has 0 bridgehead atoms.